The molecule has 3 nitrogen and oxygen atoms in total. The normalized spacial score (nSPS) is 31.1. The fourth-order valence-electron chi connectivity index (χ4n) is 1.59. The minimum atomic E-state index is -0.186. The summed E-state index contributed by atoms with van der Waals surface area (Å²) in [5.74, 6) is 0. The molecule has 1 aliphatic heterocycles. The quantitative estimate of drug-likeness (QED) is 0.577. The van der Waals surface area contributed by atoms with Crippen LogP contribution in [0.5, 0.6) is 0 Å². The van der Waals surface area contributed by atoms with Crippen LogP contribution in [0.3, 0.4) is 0 Å². The molecule has 0 aromatic carbocycles. The number of aliphatic hydroxyl groups excluding tert-OH is 1. The molecule has 1 unspecified atom stereocenters. The highest BCUT2D eigenvalue weighted by molar-refractivity contribution is 4.90. The molecule has 1 saturated heterocycles. The average Bonchev–Trinajstić information content (AvgIpc) is 2.08. The van der Waals surface area contributed by atoms with Crippen LogP contribution in [-0.2, 0) is 0 Å². The van der Waals surface area contributed by atoms with Crippen molar-refractivity contribution < 1.29 is 5.11 Å². The molecule has 1 fully saturated rings. The smallest absolute Gasteiger partial charge is 0.0730 e. The van der Waals surface area contributed by atoms with Gasteiger partial charge in [-0.25, -0.2) is 0 Å². The highest BCUT2D eigenvalue weighted by Gasteiger charge is 2.37. The molecule has 3 heteroatoms. The number of hydrogen-bond acceptors (Lipinski definition) is 3. The lowest BCUT2D eigenvalue weighted by Crippen LogP contribution is -2.28. The van der Waals surface area contributed by atoms with Gasteiger partial charge < -0.3 is 10.8 Å². The van der Waals surface area contributed by atoms with E-state index in [0.717, 1.165) is 19.6 Å². The Kier molecular flexibility index (Phi) is 2.52. The Hall–Kier alpha value is -0.120. The van der Waals surface area contributed by atoms with Gasteiger partial charge in [-0.1, -0.05) is 13.8 Å². The van der Waals surface area contributed by atoms with Gasteiger partial charge in [-0.3, -0.25) is 4.90 Å². The van der Waals surface area contributed by atoms with Crippen molar-refractivity contribution in [2.75, 3.05) is 26.2 Å². The van der Waals surface area contributed by atoms with E-state index < -0.39 is 0 Å². The molecule has 1 heterocycles. The van der Waals surface area contributed by atoms with E-state index in [9.17, 15) is 5.11 Å². The number of nitrogens with zero attached hydrogens (tertiary/aromatic N) is 1. The summed E-state index contributed by atoms with van der Waals surface area (Å²) in [6.07, 6.45) is -0.186. The molecule has 3 N–H and O–H groups in total. The topological polar surface area (TPSA) is 49.5 Å². The summed E-state index contributed by atoms with van der Waals surface area (Å²) in [5, 5.41) is 9.57. The first-order valence-electron chi connectivity index (χ1n) is 4.17. The maximum Gasteiger partial charge on any atom is 0.0730 e. The Labute approximate surface area is 68.2 Å². The summed E-state index contributed by atoms with van der Waals surface area (Å²) in [5.41, 5.74) is 5.47. The maximum atomic E-state index is 9.57. The molecule has 0 spiro atoms. The van der Waals surface area contributed by atoms with E-state index >= 15 is 0 Å². The van der Waals surface area contributed by atoms with Crippen molar-refractivity contribution >= 4 is 0 Å². The van der Waals surface area contributed by atoms with Crippen molar-refractivity contribution in [1.82, 2.24) is 4.90 Å². The van der Waals surface area contributed by atoms with Crippen LogP contribution in [-0.4, -0.2) is 42.3 Å². The van der Waals surface area contributed by atoms with Gasteiger partial charge in [-0.15, -0.1) is 0 Å². The van der Waals surface area contributed by atoms with Crippen LogP contribution in [0.4, 0.5) is 0 Å². The van der Waals surface area contributed by atoms with Crippen LogP contribution in [0.15, 0.2) is 0 Å². The SMILES string of the molecule is CC1(C)CN(CCN)CC1O. The summed E-state index contributed by atoms with van der Waals surface area (Å²) >= 11 is 0. The third-order valence-electron chi connectivity index (χ3n) is 2.41. The van der Waals surface area contributed by atoms with Crippen molar-refractivity contribution in [3.8, 4) is 0 Å². The van der Waals surface area contributed by atoms with Crippen LogP contribution >= 0.6 is 0 Å². The fourth-order valence-corrected chi connectivity index (χ4v) is 1.59. The third-order valence-corrected chi connectivity index (χ3v) is 2.41. The Morgan fingerprint density at radius 2 is 2.27 bits per heavy atom. The Bertz CT molecular complexity index is 136. The molecule has 0 aliphatic carbocycles. The first-order valence-corrected chi connectivity index (χ1v) is 4.17. The first kappa shape index (κ1) is 8.97. The van der Waals surface area contributed by atoms with Crippen LogP contribution in [0.1, 0.15) is 13.8 Å². The largest absolute Gasteiger partial charge is 0.391 e. The maximum absolute atomic E-state index is 9.57. The van der Waals surface area contributed by atoms with E-state index in [0.29, 0.717) is 6.54 Å². The van der Waals surface area contributed by atoms with Crippen LogP contribution in [0, 0.1) is 5.41 Å². The monoisotopic (exact) mass is 158 g/mol. The van der Waals surface area contributed by atoms with E-state index in [4.69, 9.17) is 5.73 Å². The number of likely N-dealkylation sites (tertiary alicyclic amines) is 1. The molecule has 0 aromatic heterocycles. The molecule has 0 radical (unpaired) electrons. The summed E-state index contributed by atoms with van der Waals surface area (Å²) in [6.45, 7) is 7.52. The number of hydrogen-bond donors (Lipinski definition) is 2. The summed E-state index contributed by atoms with van der Waals surface area (Å²) in [4.78, 5) is 2.21. The van der Waals surface area contributed by atoms with Gasteiger partial charge in [0.2, 0.25) is 0 Å². The molecule has 66 valence electrons. The molecule has 0 amide bonds. The number of β-amino-alcohol motifs (C(OH)–C–C–N with tert-alkyl or cyclic N) is 1. The molecule has 1 rings (SSSR count). The zero-order valence-corrected chi connectivity index (χ0v) is 7.38. The number of aliphatic hydroxyl groups is 1. The first-order chi connectivity index (χ1) is 5.06. The van der Waals surface area contributed by atoms with Gasteiger partial charge in [0, 0.05) is 31.6 Å². The molecular formula is C8H18N2O. The highest BCUT2D eigenvalue weighted by atomic mass is 16.3. The summed E-state index contributed by atoms with van der Waals surface area (Å²) in [7, 11) is 0. The fraction of sp³-hybridized carbons (Fsp3) is 1.00. The van der Waals surface area contributed by atoms with Crippen molar-refractivity contribution in [3.05, 3.63) is 0 Å². The third kappa shape index (κ3) is 1.92. The predicted molar refractivity (Wildman–Crippen MR) is 45.3 cm³/mol. The van der Waals surface area contributed by atoms with Crippen LogP contribution in [0.2, 0.25) is 0 Å². The van der Waals surface area contributed by atoms with Gasteiger partial charge in [0.05, 0.1) is 6.10 Å². The van der Waals surface area contributed by atoms with Crippen LogP contribution in [0.25, 0.3) is 0 Å². The minimum absolute atomic E-state index is 0.0508. The van der Waals surface area contributed by atoms with Crippen molar-refractivity contribution in [3.63, 3.8) is 0 Å². The molecular weight excluding hydrogens is 140 g/mol. The standard InChI is InChI=1S/C8H18N2O/c1-8(2)6-10(4-3-9)5-7(8)11/h7,11H,3-6,9H2,1-2H3. The molecule has 11 heavy (non-hydrogen) atoms. The van der Waals surface area contributed by atoms with Gasteiger partial charge in [-0.2, -0.15) is 0 Å². The second-order valence-corrected chi connectivity index (χ2v) is 4.03. The predicted octanol–water partition coefficient (Wildman–Crippen LogP) is -0.352. The van der Waals surface area contributed by atoms with Crippen molar-refractivity contribution in [2.24, 2.45) is 11.1 Å². The second kappa shape index (κ2) is 3.09. The zero-order chi connectivity index (χ0) is 8.48. The summed E-state index contributed by atoms with van der Waals surface area (Å²) < 4.78 is 0. The van der Waals surface area contributed by atoms with Crippen molar-refractivity contribution in [1.29, 1.82) is 0 Å². The Morgan fingerprint density at radius 3 is 2.64 bits per heavy atom. The molecule has 0 saturated carbocycles. The van der Waals surface area contributed by atoms with E-state index in [1.54, 1.807) is 0 Å². The highest BCUT2D eigenvalue weighted by Crippen LogP contribution is 2.28. The van der Waals surface area contributed by atoms with Gasteiger partial charge in [0.25, 0.3) is 0 Å². The molecule has 0 aromatic rings. The molecule has 1 atom stereocenters. The van der Waals surface area contributed by atoms with E-state index in [1.807, 2.05) is 0 Å². The van der Waals surface area contributed by atoms with E-state index in [-0.39, 0.29) is 11.5 Å². The molecule has 0 bridgehead atoms. The lowest BCUT2D eigenvalue weighted by atomic mass is 9.90. The Morgan fingerprint density at radius 1 is 1.64 bits per heavy atom. The second-order valence-electron chi connectivity index (χ2n) is 4.03. The van der Waals surface area contributed by atoms with Gasteiger partial charge >= 0.3 is 0 Å². The number of rotatable bonds is 2. The van der Waals surface area contributed by atoms with Gasteiger partial charge in [0.1, 0.15) is 0 Å². The lowest BCUT2D eigenvalue weighted by molar-refractivity contribution is 0.0955. The van der Waals surface area contributed by atoms with Gasteiger partial charge in [-0.05, 0) is 0 Å². The van der Waals surface area contributed by atoms with Crippen molar-refractivity contribution in [2.45, 2.75) is 20.0 Å². The lowest BCUT2D eigenvalue weighted by Gasteiger charge is -2.20. The number of nitrogens with two attached hydrogens (primary N) is 1. The molecule has 1 aliphatic rings. The Balaban J connectivity index is 2.43. The van der Waals surface area contributed by atoms with E-state index in [2.05, 4.69) is 18.7 Å². The minimum Gasteiger partial charge on any atom is -0.391 e. The average molecular weight is 158 g/mol. The summed E-state index contributed by atoms with van der Waals surface area (Å²) in [6, 6.07) is 0. The van der Waals surface area contributed by atoms with Gasteiger partial charge in [0.15, 0.2) is 0 Å². The van der Waals surface area contributed by atoms with E-state index in [1.165, 1.54) is 0 Å². The zero-order valence-electron chi connectivity index (χ0n) is 7.38. The van der Waals surface area contributed by atoms with Crippen LogP contribution < -0.4 is 5.73 Å².